The van der Waals surface area contributed by atoms with E-state index in [0.29, 0.717) is 12.2 Å². The van der Waals surface area contributed by atoms with Crippen LogP contribution in [0.2, 0.25) is 0 Å². The molecule has 1 aromatic carbocycles. The average molecular weight is 355 g/mol. The number of nitrogens with zero attached hydrogens (tertiary/aromatic N) is 4. The Hall–Kier alpha value is -1.44. The molecule has 94 valence electrons. The molecule has 6 heteroatoms. The van der Waals surface area contributed by atoms with E-state index in [1.165, 1.54) is 0 Å². The maximum atomic E-state index is 11.0. The second kappa shape index (κ2) is 5.94. The van der Waals surface area contributed by atoms with E-state index in [2.05, 4.69) is 25.3 Å². The number of hydrogen-bond acceptors (Lipinski definition) is 5. The molecular formula is C12H12IN4O-. The molecular weight excluding hydrogens is 343 g/mol. The predicted molar refractivity (Wildman–Crippen MR) is 62.1 cm³/mol. The fraction of sp³-hybridized carbons (Fsp3) is 0.250. The van der Waals surface area contributed by atoms with Crippen molar-refractivity contribution in [2.24, 2.45) is 0 Å². The third-order valence-electron chi connectivity index (χ3n) is 2.29. The molecule has 0 aliphatic carbocycles. The molecule has 1 heterocycles. The van der Waals surface area contributed by atoms with Crippen molar-refractivity contribution in [3.63, 3.8) is 0 Å². The topological polar surface area (TPSA) is 68.6 Å². The molecule has 0 saturated carbocycles. The van der Waals surface area contributed by atoms with E-state index in [1.807, 2.05) is 24.3 Å². The van der Waals surface area contributed by atoms with Gasteiger partial charge in [-0.2, -0.15) is 0 Å². The van der Waals surface area contributed by atoms with Gasteiger partial charge in [0.1, 0.15) is 0 Å². The van der Waals surface area contributed by atoms with Crippen LogP contribution in [0.4, 0.5) is 0 Å². The molecule has 0 unspecified atom stereocenters. The van der Waals surface area contributed by atoms with Gasteiger partial charge in [-0.05, 0) is 0 Å². The third kappa shape index (κ3) is 3.28. The molecule has 1 aromatic heterocycles. The first-order chi connectivity index (χ1) is 8.69. The Morgan fingerprint density at radius 3 is 2.22 bits per heavy atom. The molecule has 0 N–H and O–H groups in total. The van der Waals surface area contributed by atoms with Crippen LogP contribution in [-0.2, 0) is 11.2 Å². The van der Waals surface area contributed by atoms with E-state index in [1.54, 1.807) is 6.92 Å². The summed E-state index contributed by atoms with van der Waals surface area (Å²) in [6, 6.07) is 7.58. The molecule has 0 atom stereocenters. The third-order valence-corrected chi connectivity index (χ3v) is 3.69. The standard InChI is InChI=1S/C12H12IN4O/c1-8(18)7-9-3-5-10(6-4-9)11-14-16-12(13-2)17-15-11/h3-6H,7H2,1-2H3/q-1. The Labute approximate surface area is 115 Å². The van der Waals surface area contributed by atoms with Gasteiger partial charge in [0.05, 0.1) is 0 Å². The summed E-state index contributed by atoms with van der Waals surface area (Å²) >= 11 is -0.174. The minimum atomic E-state index is -0.174. The summed E-state index contributed by atoms with van der Waals surface area (Å²) < 4.78 is 0.741. The molecule has 0 saturated heterocycles. The van der Waals surface area contributed by atoms with Crippen LogP contribution in [0.15, 0.2) is 24.3 Å². The quantitative estimate of drug-likeness (QED) is 0.467. The maximum absolute atomic E-state index is 11.0. The summed E-state index contributed by atoms with van der Waals surface area (Å²) in [5, 5.41) is 16.1. The summed E-state index contributed by atoms with van der Waals surface area (Å²) in [6.07, 6.45) is 0.455. The SMILES string of the molecule is C[I-]c1nnc(-c2ccc(CC(C)=O)cc2)nn1. The van der Waals surface area contributed by atoms with Crippen LogP contribution in [0.25, 0.3) is 11.4 Å². The Kier molecular flexibility index (Phi) is 4.29. The first-order valence-corrected chi connectivity index (χ1v) is 8.58. The predicted octanol–water partition coefficient (Wildman–Crippen LogP) is -2.05. The Morgan fingerprint density at radius 2 is 1.72 bits per heavy atom. The molecule has 0 fully saturated rings. The van der Waals surface area contributed by atoms with Crippen molar-refractivity contribution in [1.82, 2.24) is 20.4 Å². The number of aromatic nitrogens is 4. The van der Waals surface area contributed by atoms with Crippen LogP contribution in [0.5, 0.6) is 0 Å². The number of carbonyl (C=O) groups excluding carboxylic acids is 1. The van der Waals surface area contributed by atoms with Gasteiger partial charge in [-0.1, -0.05) is 0 Å². The van der Waals surface area contributed by atoms with Gasteiger partial charge in [0.15, 0.2) is 0 Å². The van der Waals surface area contributed by atoms with Crippen LogP contribution >= 0.6 is 0 Å². The number of ketones is 1. The fourth-order valence-electron chi connectivity index (χ4n) is 1.47. The van der Waals surface area contributed by atoms with E-state index in [4.69, 9.17) is 0 Å². The molecule has 18 heavy (non-hydrogen) atoms. The molecule has 2 aromatic rings. The van der Waals surface area contributed by atoms with Crippen LogP contribution in [0, 0.1) is 3.83 Å². The van der Waals surface area contributed by atoms with Gasteiger partial charge < -0.3 is 0 Å². The summed E-state index contributed by atoms with van der Waals surface area (Å²) in [5.74, 6) is 0.671. The fourth-order valence-corrected chi connectivity index (χ4v) is 2.11. The minimum absolute atomic E-state index is 0.151. The Bertz CT molecular complexity index is 539. The zero-order chi connectivity index (χ0) is 13.0. The zero-order valence-electron chi connectivity index (χ0n) is 10.1. The molecule has 2 rings (SSSR count). The number of benzene rings is 1. The van der Waals surface area contributed by atoms with Crippen LogP contribution in [-0.4, -0.2) is 31.1 Å². The van der Waals surface area contributed by atoms with Crippen molar-refractivity contribution < 1.29 is 26.0 Å². The number of hydrogen-bond donors (Lipinski definition) is 0. The van der Waals surface area contributed by atoms with Crippen LogP contribution in [0.3, 0.4) is 0 Å². The summed E-state index contributed by atoms with van der Waals surface area (Å²) in [7, 11) is 0. The summed E-state index contributed by atoms with van der Waals surface area (Å²) in [5.41, 5.74) is 1.85. The van der Waals surface area contributed by atoms with Gasteiger partial charge in [-0.15, -0.1) is 0 Å². The van der Waals surface area contributed by atoms with Crippen molar-refractivity contribution in [2.75, 3.05) is 4.93 Å². The number of carbonyl (C=O) groups is 1. The Morgan fingerprint density at radius 1 is 1.11 bits per heavy atom. The normalized spacial score (nSPS) is 10.6. The van der Waals surface area contributed by atoms with Crippen molar-refractivity contribution >= 4 is 5.78 Å². The van der Waals surface area contributed by atoms with E-state index in [0.717, 1.165) is 15.0 Å². The van der Waals surface area contributed by atoms with Gasteiger partial charge >= 0.3 is 116 Å². The van der Waals surface area contributed by atoms with Crippen LogP contribution in [0.1, 0.15) is 12.5 Å². The van der Waals surface area contributed by atoms with Crippen molar-refractivity contribution in [3.8, 4) is 11.4 Å². The van der Waals surface area contributed by atoms with Gasteiger partial charge in [-0.25, -0.2) is 0 Å². The van der Waals surface area contributed by atoms with E-state index in [9.17, 15) is 4.79 Å². The van der Waals surface area contributed by atoms with Gasteiger partial charge in [0.25, 0.3) is 0 Å². The van der Waals surface area contributed by atoms with Crippen molar-refractivity contribution in [2.45, 2.75) is 13.3 Å². The first kappa shape index (κ1) is 13.0. The summed E-state index contributed by atoms with van der Waals surface area (Å²) in [4.78, 5) is 13.1. The molecule has 0 spiro atoms. The number of rotatable bonds is 4. The second-order valence-electron chi connectivity index (χ2n) is 3.76. The van der Waals surface area contributed by atoms with Crippen molar-refractivity contribution in [1.29, 1.82) is 0 Å². The van der Waals surface area contributed by atoms with Gasteiger partial charge in [-0.3, -0.25) is 0 Å². The second-order valence-corrected chi connectivity index (χ2v) is 5.80. The van der Waals surface area contributed by atoms with E-state index >= 15 is 0 Å². The molecule has 0 amide bonds. The van der Waals surface area contributed by atoms with Gasteiger partial charge in [0, 0.05) is 0 Å². The van der Waals surface area contributed by atoms with Crippen molar-refractivity contribution in [3.05, 3.63) is 33.7 Å². The summed E-state index contributed by atoms with van der Waals surface area (Å²) in [6.45, 7) is 1.58. The van der Waals surface area contributed by atoms with E-state index < -0.39 is 0 Å². The zero-order valence-corrected chi connectivity index (χ0v) is 12.2. The molecule has 0 aliphatic heterocycles. The molecule has 0 aliphatic rings. The molecule has 0 radical (unpaired) electrons. The Balaban J connectivity index is 2.20. The van der Waals surface area contributed by atoms with E-state index in [-0.39, 0.29) is 27.0 Å². The van der Waals surface area contributed by atoms with Gasteiger partial charge in [0.2, 0.25) is 0 Å². The number of halogens is 1. The van der Waals surface area contributed by atoms with Crippen LogP contribution < -0.4 is 21.2 Å². The number of alkyl halides is 1. The number of Topliss-reactive ketones (excluding diaryl/α,β-unsaturated/α-hetero) is 1. The first-order valence-electron chi connectivity index (χ1n) is 5.34. The monoisotopic (exact) mass is 355 g/mol. The molecule has 0 bridgehead atoms. The average Bonchev–Trinajstić information content (AvgIpc) is 2.39. The molecule has 5 nitrogen and oxygen atoms in total.